The Kier molecular flexibility index (Phi) is 5.50. The van der Waals surface area contributed by atoms with Crippen LogP contribution in [0.1, 0.15) is 32.4 Å². The lowest BCUT2D eigenvalue weighted by molar-refractivity contribution is 0.0524. The lowest BCUT2D eigenvalue weighted by Crippen LogP contribution is -2.36. The van der Waals surface area contributed by atoms with Crippen molar-refractivity contribution in [2.45, 2.75) is 32.3 Å². The highest BCUT2D eigenvalue weighted by molar-refractivity contribution is 6.29. The van der Waals surface area contributed by atoms with E-state index in [-0.39, 0.29) is 5.92 Å². The molecule has 0 radical (unpaired) electrons. The van der Waals surface area contributed by atoms with Gasteiger partial charge in [0, 0.05) is 19.0 Å². The van der Waals surface area contributed by atoms with Gasteiger partial charge in [-0.3, -0.25) is 4.98 Å². The summed E-state index contributed by atoms with van der Waals surface area (Å²) < 4.78 is 5.14. The topological polar surface area (TPSA) is 90.1 Å². The molecular weight excluding hydrogens is 268 g/mol. The van der Waals surface area contributed by atoms with E-state index in [0.29, 0.717) is 23.9 Å². The second-order valence-corrected chi connectivity index (χ2v) is 5.47. The molecule has 0 bridgehead atoms. The van der Waals surface area contributed by atoms with Crippen molar-refractivity contribution in [3.8, 4) is 0 Å². The molecule has 0 saturated carbocycles. The van der Waals surface area contributed by atoms with E-state index in [1.54, 1.807) is 27.0 Å². The fourth-order valence-electron chi connectivity index (χ4n) is 1.36. The fraction of sp³-hybridized carbons (Fsp3) is 0.583. The molecule has 0 aliphatic carbocycles. The van der Waals surface area contributed by atoms with Gasteiger partial charge >= 0.3 is 6.09 Å². The van der Waals surface area contributed by atoms with Gasteiger partial charge in [0.05, 0.1) is 18.1 Å². The van der Waals surface area contributed by atoms with Crippen LogP contribution in [0.3, 0.4) is 0 Å². The van der Waals surface area contributed by atoms with Crippen molar-refractivity contribution in [1.82, 2.24) is 15.3 Å². The van der Waals surface area contributed by atoms with Gasteiger partial charge in [-0.1, -0.05) is 11.6 Å². The number of hydrogen-bond acceptors (Lipinski definition) is 5. The smallest absolute Gasteiger partial charge is 0.407 e. The predicted molar refractivity (Wildman–Crippen MR) is 73.1 cm³/mol. The van der Waals surface area contributed by atoms with E-state index >= 15 is 0 Å². The molecule has 19 heavy (non-hydrogen) atoms. The van der Waals surface area contributed by atoms with Gasteiger partial charge in [0.15, 0.2) is 0 Å². The molecule has 1 heterocycles. The minimum atomic E-state index is -0.525. The van der Waals surface area contributed by atoms with Gasteiger partial charge in [0.2, 0.25) is 0 Å². The number of rotatable bonds is 4. The molecule has 1 unspecified atom stereocenters. The maximum absolute atomic E-state index is 11.5. The van der Waals surface area contributed by atoms with Crippen LogP contribution in [0.4, 0.5) is 4.79 Å². The third-order valence-corrected chi connectivity index (χ3v) is 2.43. The first-order chi connectivity index (χ1) is 8.81. The van der Waals surface area contributed by atoms with E-state index in [2.05, 4.69) is 15.3 Å². The summed E-state index contributed by atoms with van der Waals surface area (Å²) in [6, 6.07) is 0. The standard InChI is InChI=1S/C12H19ClN4O2/c1-12(2,3)19-11(18)17-5-8(4-14)9-6-16-10(13)7-15-9/h6-8H,4-5,14H2,1-3H3,(H,17,18). The first-order valence-electron chi connectivity index (χ1n) is 5.96. The Hall–Kier alpha value is -1.40. The van der Waals surface area contributed by atoms with Gasteiger partial charge in [-0.15, -0.1) is 0 Å². The molecule has 6 nitrogen and oxygen atoms in total. The van der Waals surface area contributed by atoms with Crippen molar-refractivity contribution < 1.29 is 9.53 Å². The van der Waals surface area contributed by atoms with Crippen molar-refractivity contribution in [2.24, 2.45) is 5.73 Å². The molecule has 0 aliphatic rings. The van der Waals surface area contributed by atoms with E-state index in [1.165, 1.54) is 6.20 Å². The summed E-state index contributed by atoms with van der Waals surface area (Å²) in [6.45, 7) is 6.08. The Morgan fingerprint density at radius 1 is 1.47 bits per heavy atom. The van der Waals surface area contributed by atoms with Crippen LogP contribution in [0.15, 0.2) is 12.4 Å². The summed E-state index contributed by atoms with van der Waals surface area (Å²) in [4.78, 5) is 19.6. The molecule has 0 aromatic carbocycles. The van der Waals surface area contributed by atoms with Gasteiger partial charge in [-0.05, 0) is 20.8 Å². The predicted octanol–water partition coefficient (Wildman–Crippen LogP) is 1.70. The van der Waals surface area contributed by atoms with Crippen molar-refractivity contribution in [3.05, 3.63) is 23.2 Å². The number of nitrogens with one attached hydrogen (secondary N) is 1. The first kappa shape index (κ1) is 15.7. The number of hydrogen-bond donors (Lipinski definition) is 2. The zero-order chi connectivity index (χ0) is 14.5. The van der Waals surface area contributed by atoms with Crippen LogP contribution in [-0.2, 0) is 4.74 Å². The molecule has 106 valence electrons. The highest BCUT2D eigenvalue weighted by atomic mass is 35.5. The quantitative estimate of drug-likeness (QED) is 0.879. The zero-order valence-electron chi connectivity index (χ0n) is 11.3. The summed E-state index contributed by atoms with van der Waals surface area (Å²) in [7, 11) is 0. The lowest BCUT2D eigenvalue weighted by Gasteiger charge is -2.21. The first-order valence-corrected chi connectivity index (χ1v) is 6.34. The van der Waals surface area contributed by atoms with Crippen LogP contribution in [0.2, 0.25) is 5.15 Å². The molecule has 1 aromatic heterocycles. The highest BCUT2D eigenvalue weighted by Crippen LogP contribution is 2.12. The Balaban J connectivity index is 2.54. The summed E-state index contributed by atoms with van der Waals surface area (Å²) >= 11 is 5.67. The minimum absolute atomic E-state index is 0.128. The molecule has 3 N–H and O–H groups in total. The molecule has 0 saturated heterocycles. The summed E-state index contributed by atoms with van der Waals surface area (Å²) in [5.74, 6) is -0.128. The van der Waals surface area contributed by atoms with Crippen LogP contribution in [0.25, 0.3) is 0 Å². The molecule has 1 rings (SSSR count). The normalized spacial score (nSPS) is 12.9. The molecule has 1 amide bonds. The Labute approximate surface area is 117 Å². The van der Waals surface area contributed by atoms with Gasteiger partial charge in [-0.2, -0.15) is 0 Å². The van der Waals surface area contributed by atoms with E-state index < -0.39 is 11.7 Å². The number of carbonyl (C=O) groups excluding carboxylic acids is 1. The highest BCUT2D eigenvalue weighted by Gasteiger charge is 2.18. The summed E-state index contributed by atoms with van der Waals surface area (Å²) in [5.41, 5.74) is 5.82. The molecular formula is C12H19ClN4O2. The van der Waals surface area contributed by atoms with Gasteiger partial charge in [-0.25, -0.2) is 9.78 Å². The number of carbonyl (C=O) groups is 1. The van der Waals surface area contributed by atoms with E-state index in [4.69, 9.17) is 22.1 Å². The van der Waals surface area contributed by atoms with Gasteiger partial charge < -0.3 is 15.8 Å². The number of ether oxygens (including phenoxy) is 1. The van der Waals surface area contributed by atoms with E-state index in [1.807, 2.05) is 0 Å². The van der Waals surface area contributed by atoms with Crippen molar-refractivity contribution in [2.75, 3.05) is 13.1 Å². The average Bonchev–Trinajstić information content (AvgIpc) is 2.29. The molecule has 0 aliphatic heterocycles. The van der Waals surface area contributed by atoms with Gasteiger partial charge in [0.25, 0.3) is 0 Å². The third-order valence-electron chi connectivity index (χ3n) is 2.23. The molecule has 0 spiro atoms. The number of alkyl carbamates (subject to hydrolysis) is 1. The average molecular weight is 287 g/mol. The van der Waals surface area contributed by atoms with Crippen molar-refractivity contribution >= 4 is 17.7 Å². The Bertz CT molecular complexity index is 417. The van der Waals surface area contributed by atoms with Crippen LogP contribution in [0, 0.1) is 0 Å². The third kappa shape index (κ3) is 5.85. The summed E-state index contributed by atoms with van der Waals surface area (Å²) in [6.07, 6.45) is 2.52. The lowest BCUT2D eigenvalue weighted by atomic mass is 10.1. The summed E-state index contributed by atoms with van der Waals surface area (Å²) in [5, 5.41) is 2.98. The number of halogens is 1. The Morgan fingerprint density at radius 2 is 2.16 bits per heavy atom. The molecule has 0 fully saturated rings. The zero-order valence-corrected chi connectivity index (χ0v) is 12.1. The minimum Gasteiger partial charge on any atom is -0.444 e. The SMILES string of the molecule is CC(C)(C)OC(=O)NCC(CN)c1cnc(Cl)cn1. The second kappa shape index (κ2) is 6.68. The number of amides is 1. The van der Waals surface area contributed by atoms with Crippen LogP contribution >= 0.6 is 11.6 Å². The second-order valence-electron chi connectivity index (χ2n) is 5.08. The van der Waals surface area contributed by atoms with Gasteiger partial charge in [0.1, 0.15) is 10.8 Å². The molecule has 1 atom stereocenters. The maximum Gasteiger partial charge on any atom is 0.407 e. The number of aromatic nitrogens is 2. The molecule has 7 heteroatoms. The van der Waals surface area contributed by atoms with Crippen LogP contribution < -0.4 is 11.1 Å². The fourth-order valence-corrected chi connectivity index (χ4v) is 1.46. The molecule has 1 aromatic rings. The van der Waals surface area contributed by atoms with E-state index in [0.717, 1.165) is 0 Å². The maximum atomic E-state index is 11.5. The largest absolute Gasteiger partial charge is 0.444 e. The monoisotopic (exact) mass is 286 g/mol. The van der Waals surface area contributed by atoms with Crippen LogP contribution in [0.5, 0.6) is 0 Å². The van der Waals surface area contributed by atoms with Crippen molar-refractivity contribution in [3.63, 3.8) is 0 Å². The number of nitrogens with zero attached hydrogens (tertiary/aromatic N) is 2. The van der Waals surface area contributed by atoms with Crippen molar-refractivity contribution in [1.29, 1.82) is 0 Å². The van der Waals surface area contributed by atoms with Crippen LogP contribution in [-0.4, -0.2) is 34.8 Å². The van der Waals surface area contributed by atoms with E-state index in [9.17, 15) is 4.79 Å². The Morgan fingerprint density at radius 3 is 2.63 bits per heavy atom. The number of nitrogens with two attached hydrogens (primary N) is 1.